The van der Waals surface area contributed by atoms with Crippen molar-refractivity contribution >= 4 is 11.7 Å². The molecule has 0 bridgehead atoms. The Labute approximate surface area is 147 Å². The number of anilines is 1. The van der Waals surface area contributed by atoms with Gasteiger partial charge in [-0.3, -0.25) is 9.78 Å². The summed E-state index contributed by atoms with van der Waals surface area (Å²) in [5, 5.41) is 0. The molecule has 0 spiro atoms. The van der Waals surface area contributed by atoms with Crippen LogP contribution in [0.4, 0.5) is 5.82 Å². The average molecular weight is 341 g/mol. The minimum atomic E-state index is 0.0360. The topological polar surface area (TPSA) is 71.5 Å². The zero-order valence-electron chi connectivity index (χ0n) is 15.1. The second-order valence-electron chi connectivity index (χ2n) is 6.37. The van der Waals surface area contributed by atoms with Crippen LogP contribution in [-0.4, -0.2) is 60.6 Å². The molecule has 1 amide bonds. The number of likely N-dealkylation sites (N-methyl/N-ethyl adjacent to an activating group) is 2. The molecule has 0 saturated heterocycles. The Hall–Kier alpha value is -2.70. The molecule has 0 N–H and O–H groups in total. The van der Waals surface area contributed by atoms with Gasteiger partial charge in [0.05, 0.1) is 13.7 Å². The minimum absolute atomic E-state index is 0.0360. The number of fused-ring (bicyclic) bond motifs is 1. The van der Waals surface area contributed by atoms with Crippen LogP contribution in [0.15, 0.2) is 18.3 Å². The fraction of sp³-hybridized carbons (Fsp3) is 0.444. The van der Waals surface area contributed by atoms with Crippen molar-refractivity contribution in [1.29, 1.82) is 0 Å². The molecule has 2 aromatic rings. The van der Waals surface area contributed by atoms with Crippen LogP contribution >= 0.6 is 0 Å². The van der Waals surface area contributed by atoms with Gasteiger partial charge in [0, 0.05) is 44.7 Å². The van der Waals surface area contributed by atoms with Crippen molar-refractivity contribution in [2.75, 3.05) is 39.7 Å². The van der Waals surface area contributed by atoms with Gasteiger partial charge < -0.3 is 14.5 Å². The zero-order valence-corrected chi connectivity index (χ0v) is 15.1. The van der Waals surface area contributed by atoms with Crippen LogP contribution < -0.4 is 9.64 Å². The van der Waals surface area contributed by atoms with Gasteiger partial charge in [0.15, 0.2) is 5.82 Å². The molecule has 0 unspecified atom stereocenters. The van der Waals surface area contributed by atoms with Gasteiger partial charge in [0.25, 0.3) is 0 Å². The summed E-state index contributed by atoms with van der Waals surface area (Å²) in [7, 11) is 7.03. The second-order valence-corrected chi connectivity index (χ2v) is 6.37. The van der Waals surface area contributed by atoms with Crippen molar-refractivity contribution in [3.63, 3.8) is 0 Å². The van der Waals surface area contributed by atoms with E-state index in [4.69, 9.17) is 14.7 Å². The molecule has 1 aliphatic carbocycles. The molecule has 25 heavy (non-hydrogen) atoms. The molecule has 0 aromatic carbocycles. The first-order valence-corrected chi connectivity index (χ1v) is 8.31. The van der Waals surface area contributed by atoms with Crippen molar-refractivity contribution in [2.24, 2.45) is 0 Å². The van der Waals surface area contributed by atoms with E-state index in [-0.39, 0.29) is 12.5 Å². The van der Waals surface area contributed by atoms with Crippen molar-refractivity contribution in [3.05, 3.63) is 29.6 Å². The predicted molar refractivity (Wildman–Crippen MR) is 95.8 cm³/mol. The van der Waals surface area contributed by atoms with E-state index in [1.807, 2.05) is 18.0 Å². The highest BCUT2D eigenvalue weighted by Gasteiger charge is 2.23. The molecule has 0 atom stereocenters. The summed E-state index contributed by atoms with van der Waals surface area (Å²) in [6, 6.07) is 3.62. The molecule has 0 fully saturated rings. The summed E-state index contributed by atoms with van der Waals surface area (Å²) in [5.74, 6) is 2.14. The number of nitrogens with zero attached hydrogens (tertiary/aromatic N) is 5. The Bertz CT molecular complexity index is 791. The molecule has 0 saturated carbocycles. The number of aryl methyl sites for hydroxylation is 1. The molecule has 0 radical (unpaired) electrons. The van der Waals surface area contributed by atoms with Crippen molar-refractivity contribution in [3.8, 4) is 17.3 Å². The third-order valence-electron chi connectivity index (χ3n) is 4.34. The lowest BCUT2D eigenvalue weighted by Crippen LogP contribution is -2.35. The maximum absolute atomic E-state index is 12.1. The van der Waals surface area contributed by atoms with Gasteiger partial charge in [-0.05, 0) is 25.3 Å². The molecule has 1 aliphatic rings. The van der Waals surface area contributed by atoms with Crippen LogP contribution in [0.1, 0.15) is 17.7 Å². The Kier molecular flexibility index (Phi) is 4.83. The lowest BCUT2D eigenvalue weighted by molar-refractivity contribution is -0.127. The number of aromatic nitrogens is 3. The van der Waals surface area contributed by atoms with E-state index in [1.54, 1.807) is 38.4 Å². The molecule has 2 aromatic heterocycles. The van der Waals surface area contributed by atoms with Gasteiger partial charge in [-0.1, -0.05) is 0 Å². The second kappa shape index (κ2) is 7.04. The molecule has 2 heterocycles. The number of amides is 1. The van der Waals surface area contributed by atoms with E-state index in [0.717, 1.165) is 36.3 Å². The van der Waals surface area contributed by atoms with E-state index >= 15 is 0 Å². The van der Waals surface area contributed by atoms with E-state index in [2.05, 4.69) is 4.98 Å². The van der Waals surface area contributed by atoms with E-state index in [9.17, 15) is 4.79 Å². The molecule has 7 nitrogen and oxygen atoms in total. The average Bonchev–Trinajstić information content (AvgIpc) is 3.09. The number of ether oxygens (including phenoxy) is 1. The number of rotatable bonds is 5. The first-order chi connectivity index (χ1) is 12.0. The van der Waals surface area contributed by atoms with Gasteiger partial charge >= 0.3 is 0 Å². The molecule has 132 valence electrons. The van der Waals surface area contributed by atoms with E-state index in [0.29, 0.717) is 17.3 Å². The van der Waals surface area contributed by atoms with Crippen LogP contribution in [0.25, 0.3) is 11.5 Å². The van der Waals surface area contributed by atoms with Crippen LogP contribution in [0.3, 0.4) is 0 Å². The fourth-order valence-electron chi connectivity index (χ4n) is 2.92. The minimum Gasteiger partial charge on any atom is -0.497 e. The normalized spacial score (nSPS) is 12.6. The highest BCUT2D eigenvalue weighted by molar-refractivity contribution is 5.81. The Morgan fingerprint density at radius 1 is 1.24 bits per heavy atom. The van der Waals surface area contributed by atoms with Gasteiger partial charge in [0.2, 0.25) is 5.91 Å². The van der Waals surface area contributed by atoms with Crippen LogP contribution in [0.5, 0.6) is 5.75 Å². The first-order valence-electron chi connectivity index (χ1n) is 8.31. The SMILES string of the molecule is COc1ccnc(-c2nc3c(c(N(C)CC(=O)N(C)C)n2)CCC3)c1. The standard InChI is InChI=1S/C18H23N5O2/c1-22(2)16(24)11-23(3)18-13-6-5-7-14(13)20-17(21-18)15-10-12(25-4)8-9-19-15/h8-10H,5-7,11H2,1-4H3. The maximum Gasteiger partial charge on any atom is 0.241 e. The van der Waals surface area contributed by atoms with Crippen molar-refractivity contribution < 1.29 is 9.53 Å². The summed E-state index contributed by atoms with van der Waals surface area (Å²) in [4.78, 5) is 29.4. The smallest absolute Gasteiger partial charge is 0.241 e. The molecular formula is C18H23N5O2. The summed E-state index contributed by atoms with van der Waals surface area (Å²) >= 11 is 0. The van der Waals surface area contributed by atoms with Crippen molar-refractivity contribution in [1.82, 2.24) is 19.9 Å². The summed E-state index contributed by atoms with van der Waals surface area (Å²) in [5.41, 5.74) is 2.86. The summed E-state index contributed by atoms with van der Waals surface area (Å²) in [6.45, 7) is 0.279. The molecule has 0 aliphatic heterocycles. The Morgan fingerprint density at radius 3 is 2.76 bits per heavy atom. The lowest BCUT2D eigenvalue weighted by atomic mass is 10.2. The number of methoxy groups -OCH3 is 1. The third-order valence-corrected chi connectivity index (χ3v) is 4.34. The van der Waals surface area contributed by atoms with Gasteiger partial charge in [0.1, 0.15) is 17.3 Å². The number of hydrogen-bond donors (Lipinski definition) is 0. The van der Waals surface area contributed by atoms with Gasteiger partial charge in [-0.2, -0.15) is 0 Å². The maximum atomic E-state index is 12.1. The van der Waals surface area contributed by atoms with Gasteiger partial charge in [-0.25, -0.2) is 9.97 Å². The molecule has 7 heteroatoms. The number of hydrogen-bond acceptors (Lipinski definition) is 6. The molecule has 3 rings (SSSR count). The van der Waals surface area contributed by atoms with E-state index < -0.39 is 0 Å². The van der Waals surface area contributed by atoms with Crippen LogP contribution in [0.2, 0.25) is 0 Å². The summed E-state index contributed by atoms with van der Waals surface area (Å²) < 4.78 is 5.27. The Balaban J connectivity index is 2.00. The first kappa shape index (κ1) is 17.1. The van der Waals surface area contributed by atoms with Crippen LogP contribution in [0, 0.1) is 0 Å². The predicted octanol–water partition coefficient (Wildman–Crippen LogP) is 1.56. The Morgan fingerprint density at radius 2 is 2.04 bits per heavy atom. The highest BCUT2D eigenvalue weighted by Crippen LogP contribution is 2.31. The zero-order chi connectivity index (χ0) is 18.0. The van der Waals surface area contributed by atoms with Crippen molar-refractivity contribution in [2.45, 2.75) is 19.3 Å². The number of pyridine rings is 1. The summed E-state index contributed by atoms with van der Waals surface area (Å²) in [6.07, 6.45) is 4.61. The quantitative estimate of drug-likeness (QED) is 0.822. The van der Waals surface area contributed by atoms with Crippen LogP contribution in [-0.2, 0) is 17.6 Å². The van der Waals surface area contributed by atoms with Gasteiger partial charge in [-0.15, -0.1) is 0 Å². The largest absolute Gasteiger partial charge is 0.497 e. The molecular weight excluding hydrogens is 318 g/mol. The fourth-order valence-corrected chi connectivity index (χ4v) is 2.92. The number of carbonyl (C=O) groups is 1. The monoisotopic (exact) mass is 341 g/mol. The number of carbonyl (C=O) groups excluding carboxylic acids is 1. The lowest BCUT2D eigenvalue weighted by Gasteiger charge is -2.22. The van der Waals surface area contributed by atoms with E-state index in [1.165, 1.54) is 0 Å². The highest BCUT2D eigenvalue weighted by atomic mass is 16.5. The third kappa shape index (κ3) is 3.55.